The lowest BCUT2D eigenvalue weighted by atomic mass is 10.3. The molecule has 3 N–H and O–H groups in total. The first-order chi connectivity index (χ1) is 9.73. The van der Waals surface area contributed by atoms with Crippen molar-refractivity contribution >= 4 is 37.9 Å². The molecule has 2 heterocycles. The summed E-state index contributed by atoms with van der Waals surface area (Å²) in [5.41, 5.74) is 5.98. The number of hydrogen-bond acceptors (Lipinski definition) is 6. The summed E-state index contributed by atoms with van der Waals surface area (Å²) < 4.78 is 30.9. The minimum absolute atomic E-state index is 0.0151. The molecular weight excluding hydrogens is 368 g/mol. The van der Waals surface area contributed by atoms with E-state index in [1.54, 1.807) is 6.07 Å². The van der Waals surface area contributed by atoms with Gasteiger partial charge in [-0.3, -0.25) is 0 Å². The molecule has 2 rings (SSSR count). The van der Waals surface area contributed by atoms with Crippen molar-refractivity contribution < 1.29 is 23.1 Å². The van der Waals surface area contributed by atoms with E-state index < -0.39 is 22.3 Å². The van der Waals surface area contributed by atoms with Crippen molar-refractivity contribution in [3.05, 3.63) is 16.7 Å². The average Bonchev–Trinajstić information content (AvgIpc) is 2.58. The van der Waals surface area contributed by atoms with E-state index in [0.29, 0.717) is 14.5 Å². The van der Waals surface area contributed by atoms with Crippen LogP contribution in [0, 0.1) is 0 Å². The number of carbonyl (C=O) groups is 1. The molecule has 1 fully saturated rings. The number of carboxylic acid groups (broad SMARTS) is 1. The number of halogens is 1. The number of amides is 1. The third-order valence-corrected chi connectivity index (χ3v) is 5.33. The fourth-order valence-electron chi connectivity index (χ4n) is 1.90. The highest BCUT2D eigenvalue weighted by Gasteiger charge is 2.45. The molecule has 0 aromatic carbocycles. The molecule has 11 heteroatoms. The number of pyridine rings is 1. The molecule has 1 aromatic rings. The fourth-order valence-corrected chi connectivity index (χ4v) is 3.74. The van der Waals surface area contributed by atoms with Gasteiger partial charge < -0.3 is 15.6 Å². The number of hydrogen-bond donors (Lipinski definition) is 2. The second-order valence-electron chi connectivity index (χ2n) is 4.39. The number of anilines is 1. The van der Waals surface area contributed by atoms with Gasteiger partial charge in [0.05, 0.1) is 16.4 Å². The maximum absolute atomic E-state index is 11.8. The van der Waals surface area contributed by atoms with Gasteiger partial charge in [-0.15, -0.1) is 0 Å². The zero-order chi connectivity index (χ0) is 15.8. The number of likely N-dealkylation sites (N-methyl/N-ethyl adjacent to an activating group) is 1. The van der Waals surface area contributed by atoms with Gasteiger partial charge >= 0.3 is 16.3 Å². The first-order valence-corrected chi connectivity index (χ1v) is 7.95. The van der Waals surface area contributed by atoms with E-state index in [2.05, 4.69) is 20.9 Å². The molecule has 0 saturated carbocycles. The standard InChI is InChI=1S/C10H13BrN4O5S/c1-14-4-7(15(10(16)17)21(14,18)19)5-20-9-8(11)2-6(12)3-13-9/h2-3,7H,4-5,12H2,1H3,(H,16,17). The van der Waals surface area contributed by atoms with Crippen LogP contribution in [0.4, 0.5) is 10.5 Å². The number of aromatic nitrogens is 1. The maximum Gasteiger partial charge on any atom is 0.422 e. The highest BCUT2D eigenvalue weighted by Crippen LogP contribution is 2.26. The molecule has 1 saturated heterocycles. The van der Waals surface area contributed by atoms with Gasteiger partial charge in [0.15, 0.2) is 0 Å². The Labute approximate surface area is 129 Å². The van der Waals surface area contributed by atoms with Crippen LogP contribution in [0.3, 0.4) is 0 Å². The average molecular weight is 381 g/mol. The smallest absolute Gasteiger partial charge is 0.422 e. The van der Waals surface area contributed by atoms with Crippen molar-refractivity contribution in [2.24, 2.45) is 0 Å². The number of nitrogen functional groups attached to an aromatic ring is 1. The predicted molar refractivity (Wildman–Crippen MR) is 77.0 cm³/mol. The third kappa shape index (κ3) is 3.04. The Morgan fingerprint density at radius 3 is 2.90 bits per heavy atom. The first kappa shape index (κ1) is 15.8. The Morgan fingerprint density at radius 2 is 2.33 bits per heavy atom. The summed E-state index contributed by atoms with van der Waals surface area (Å²) in [6.07, 6.45) is -0.163. The van der Waals surface area contributed by atoms with Crippen molar-refractivity contribution in [3.63, 3.8) is 0 Å². The van der Waals surface area contributed by atoms with E-state index in [9.17, 15) is 13.2 Å². The number of rotatable bonds is 3. The van der Waals surface area contributed by atoms with Crippen LogP contribution in [0.2, 0.25) is 0 Å². The Balaban J connectivity index is 2.14. The van der Waals surface area contributed by atoms with Gasteiger partial charge in [-0.05, 0) is 22.0 Å². The molecule has 1 atom stereocenters. The number of nitrogens with zero attached hydrogens (tertiary/aromatic N) is 3. The molecule has 21 heavy (non-hydrogen) atoms. The molecule has 1 unspecified atom stereocenters. The summed E-state index contributed by atoms with van der Waals surface area (Å²) in [5, 5.41) is 9.05. The summed E-state index contributed by atoms with van der Waals surface area (Å²) in [5.74, 6) is 0.210. The topological polar surface area (TPSA) is 126 Å². The Kier molecular flexibility index (Phi) is 4.25. The van der Waals surface area contributed by atoms with Gasteiger partial charge in [-0.2, -0.15) is 17.0 Å². The van der Waals surface area contributed by atoms with E-state index in [1.807, 2.05) is 0 Å². The molecule has 1 aliphatic rings. The Morgan fingerprint density at radius 1 is 1.67 bits per heavy atom. The zero-order valence-electron chi connectivity index (χ0n) is 10.9. The summed E-state index contributed by atoms with van der Waals surface area (Å²) >= 11 is 3.21. The van der Waals surface area contributed by atoms with Crippen molar-refractivity contribution in [1.82, 2.24) is 13.6 Å². The summed E-state index contributed by atoms with van der Waals surface area (Å²) in [7, 11) is -2.69. The van der Waals surface area contributed by atoms with E-state index in [4.69, 9.17) is 15.6 Å². The maximum atomic E-state index is 11.8. The second-order valence-corrected chi connectivity index (χ2v) is 7.15. The molecule has 1 aliphatic heterocycles. The van der Waals surface area contributed by atoms with Gasteiger partial charge in [0.1, 0.15) is 12.6 Å². The van der Waals surface area contributed by atoms with Gasteiger partial charge in [0, 0.05) is 13.6 Å². The van der Waals surface area contributed by atoms with Crippen LogP contribution in [0.15, 0.2) is 16.7 Å². The number of nitrogens with two attached hydrogens (primary N) is 1. The Bertz CT molecular complexity index is 667. The van der Waals surface area contributed by atoms with Gasteiger partial charge in [0.2, 0.25) is 5.88 Å². The molecule has 116 valence electrons. The van der Waals surface area contributed by atoms with Crippen LogP contribution in [0.25, 0.3) is 0 Å². The zero-order valence-corrected chi connectivity index (χ0v) is 13.3. The van der Waals surface area contributed by atoms with E-state index >= 15 is 0 Å². The first-order valence-electron chi connectivity index (χ1n) is 5.76. The van der Waals surface area contributed by atoms with Crippen molar-refractivity contribution in [1.29, 1.82) is 0 Å². The van der Waals surface area contributed by atoms with Crippen LogP contribution in [0.5, 0.6) is 5.88 Å². The van der Waals surface area contributed by atoms with Gasteiger partial charge in [0.25, 0.3) is 0 Å². The van der Waals surface area contributed by atoms with E-state index in [1.165, 1.54) is 13.2 Å². The molecule has 1 aromatic heterocycles. The monoisotopic (exact) mass is 380 g/mol. The molecule has 0 aliphatic carbocycles. The molecule has 0 bridgehead atoms. The molecule has 1 amide bonds. The van der Waals surface area contributed by atoms with Crippen LogP contribution in [-0.2, 0) is 10.2 Å². The fraction of sp³-hybridized carbons (Fsp3) is 0.400. The quantitative estimate of drug-likeness (QED) is 0.773. The molecule has 0 spiro atoms. The van der Waals surface area contributed by atoms with E-state index in [0.717, 1.165) is 4.31 Å². The van der Waals surface area contributed by atoms with Gasteiger partial charge in [-0.1, -0.05) is 0 Å². The van der Waals surface area contributed by atoms with Crippen LogP contribution < -0.4 is 10.5 Å². The summed E-state index contributed by atoms with van der Waals surface area (Å²) in [4.78, 5) is 15.1. The lowest BCUT2D eigenvalue weighted by Crippen LogP contribution is -2.42. The SMILES string of the molecule is CN1CC(COc2ncc(N)cc2Br)N(C(=O)O)S1(=O)=O. The molecular formula is C10H13BrN4O5S. The lowest BCUT2D eigenvalue weighted by Gasteiger charge is -2.19. The minimum Gasteiger partial charge on any atom is -0.475 e. The Hall–Kier alpha value is -1.59. The highest BCUT2D eigenvalue weighted by atomic mass is 79.9. The number of ether oxygens (including phenoxy) is 1. The highest BCUT2D eigenvalue weighted by molar-refractivity contribution is 9.10. The van der Waals surface area contributed by atoms with Crippen molar-refractivity contribution in [2.45, 2.75) is 6.04 Å². The lowest BCUT2D eigenvalue weighted by molar-refractivity contribution is 0.149. The van der Waals surface area contributed by atoms with Gasteiger partial charge in [-0.25, -0.2) is 9.78 Å². The summed E-state index contributed by atoms with van der Waals surface area (Å²) in [6, 6.07) is 0.734. The normalized spacial score (nSPS) is 21.4. The molecule has 9 nitrogen and oxygen atoms in total. The third-order valence-electron chi connectivity index (χ3n) is 2.87. The van der Waals surface area contributed by atoms with Crippen LogP contribution >= 0.6 is 15.9 Å². The minimum atomic E-state index is -4.00. The molecule has 0 radical (unpaired) electrons. The summed E-state index contributed by atoms with van der Waals surface area (Å²) in [6.45, 7) is -0.132. The van der Waals surface area contributed by atoms with E-state index in [-0.39, 0.29) is 19.0 Å². The largest absolute Gasteiger partial charge is 0.475 e. The van der Waals surface area contributed by atoms with Crippen LogP contribution in [-0.4, -0.2) is 59.5 Å². The second kappa shape index (κ2) is 5.66. The predicted octanol–water partition coefficient (Wildman–Crippen LogP) is 0.344. The van der Waals surface area contributed by atoms with Crippen LogP contribution in [0.1, 0.15) is 0 Å². The van der Waals surface area contributed by atoms with Crippen molar-refractivity contribution in [2.75, 3.05) is 25.9 Å². The van der Waals surface area contributed by atoms with Crippen molar-refractivity contribution in [3.8, 4) is 5.88 Å².